The Balaban J connectivity index is 1.67. The van der Waals surface area contributed by atoms with Crippen LogP contribution in [0, 0.1) is 12.7 Å². The van der Waals surface area contributed by atoms with Gasteiger partial charge in [0.05, 0.1) is 5.39 Å². The first-order chi connectivity index (χ1) is 15.3. The Morgan fingerprint density at radius 1 is 1.22 bits per heavy atom. The van der Waals surface area contributed by atoms with E-state index in [2.05, 4.69) is 15.3 Å². The molecule has 7 nitrogen and oxygen atoms in total. The van der Waals surface area contributed by atoms with Crippen LogP contribution in [0.4, 0.5) is 15.9 Å². The fourth-order valence-electron chi connectivity index (χ4n) is 3.88. The van der Waals surface area contributed by atoms with E-state index in [9.17, 15) is 14.3 Å². The number of carbonyl (C=O) groups is 1. The highest BCUT2D eigenvalue weighted by atomic mass is 19.1. The van der Waals surface area contributed by atoms with E-state index < -0.39 is 17.8 Å². The first-order valence-corrected chi connectivity index (χ1v) is 10.2. The second-order valence-corrected chi connectivity index (χ2v) is 7.68. The fraction of sp³-hybridized carbons (Fsp3) is 0.208. The Hall–Kier alpha value is -3.78. The summed E-state index contributed by atoms with van der Waals surface area (Å²) in [5, 5.41) is 13.8. The molecule has 0 radical (unpaired) electrons. The van der Waals surface area contributed by atoms with Gasteiger partial charge in [0, 0.05) is 24.5 Å². The number of carbonyl (C=O) groups excluding carboxylic acids is 1. The van der Waals surface area contributed by atoms with Crippen molar-refractivity contribution in [1.29, 1.82) is 0 Å². The quantitative estimate of drug-likeness (QED) is 0.443. The molecule has 1 amide bonds. The largest absolute Gasteiger partial charge is 0.383 e. The molecule has 0 bridgehead atoms. The number of hydrogen-bond donors (Lipinski definition) is 3. The zero-order valence-corrected chi connectivity index (χ0v) is 18.1. The van der Waals surface area contributed by atoms with Gasteiger partial charge in [-0.3, -0.25) is 4.79 Å². The molecule has 0 saturated heterocycles. The van der Waals surface area contributed by atoms with Crippen molar-refractivity contribution in [3.05, 3.63) is 71.4 Å². The smallest absolute Gasteiger partial charge is 0.257 e. The fourth-order valence-corrected chi connectivity index (χ4v) is 3.88. The molecule has 4 N–H and O–H groups in total. The van der Waals surface area contributed by atoms with Gasteiger partial charge in [0.15, 0.2) is 6.10 Å². The van der Waals surface area contributed by atoms with Gasteiger partial charge in [0.25, 0.3) is 5.91 Å². The normalized spacial score (nSPS) is 12.2. The third-order valence-corrected chi connectivity index (χ3v) is 5.41. The van der Waals surface area contributed by atoms with Gasteiger partial charge < -0.3 is 20.7 Å². The van der Waals surface area contributed by atoms with Crippen molar-refractivity contribution in [2.45, 2.75) is 26.4 Å². The molecule has 0 fully saturated rings. The zero-order valence-electron chi connectivity index (χ0n) is 18.1. The van der Waals surface area contributed by atoms with Crippen LogP contribution < -0.4 is 11.1 Å². The number of nitrogens with two attached hydrogens (primary N) is 1. The van der Waals surface area contributed by atoms with E-state index in [1.54, 1.807) is 13.0 Å². The van der Waals surface area contributed by atoms with Crippen molar-refractivity contribution in [3.63, 3.8) is 0 Å². The second kappa shape index (κ2) is 8.39. The van der Waals surface area contributed by atoms with E-state index in [4.69, 9.17) is 5.73 Å². The Labute approximate surface area is 184 Å². The summed E-state index contributed by atoms with van der Waals surface area (Å²) in [6.45, 7) is 3.82. The molecule has 4 rings (SSSR count). The molecule has 0 aliphatic carbocycles. The van der Waals surface area contributed by atoms with E-state index in [0.717, 1.165) is 33.8 Å². The van der Waals surface area contributed by atoms with Crippen molar-refractivity contribution in [2.75, 3.05) is 11.1 Å². The molecule has 2 heterocycles. The number of rotatable bonds is 5. The van der Waals surface area contributed by atoms with Crippen molar-refractivity contribution in [1.82, 2.24) is 14.5 Å². The minimum absolute atomic E-state index is 0.191. The van der Waals surface area contributed by atoms with Crippen LogP contribution in [0.15, 0.2) is 48.7 Å². The molecule has 2 aromatic heterocycles. The summed E-state index contributed by atoms with van der Waals surface area (Å²) >= 11 is 0. The highest BCUT2D eigenvalue weighted by Crippen LogP contribution is 2.36. The average Bonchev–Trinajstić information content (AvgIpc) is 3.09. The van der Waals surface area contributed by atoms with E-state index in [0.29, 0.717) is 23.8 Å². The number of nitrogens with zero attached hydrogens (tertiary/aromatic N) is 3. The van der Waals surface area contributed by atoms with Gasteiger partial charge in [0.2, 0.25) is 0 Å². The van der Waals surface area contributed by atoms with Gasteiger partial charge in [-0.25, -0.2) is 14.4 Å². The molecule has 0 saturated carbocycles. The third-order valence-electron chi connectivity index (χ3n) is 5.41. The number of hydrogen-bond acceptors (Lipinski definition) is 5. The Morgan fingerprint density at radius 3 is 2.72 bits per heavy atom. The molecular formula is C24H24FN5O2. The molecule has 8 heteroatoms. The van der Waals surface area contributed by atoms with Gasteiger partial charge in [-0.15, -0.1) is 0 Å². The van der Waals surface area contributed by atoms with E-state index in [-0.39, 0.29) is 5.56 Å². The van der Waals surface area contributed by atoms with E-state index in [1.165, 1.54) is 18.2 Å². The van der Waals surface area contributed by atoms with Crippen LogP contribution in [0.3, 0.4) is 0 Å². The topological polar surface area (TPSA) is 106 Å². The number of aliphatic hydroxyl groups is 1. The standard InChI is InChI=1S/C24H24FN5O2/c1-4-14-11-17(29-24(32)21(31)15-6-5-7-16(25)10-15)8-9-18(14)19-12-30(3)23-20(19)22(26)27-13(2)28-23/h5-12,21,31H,4H2,1-3H3,(H,29,32)(H2,26,27,28). The second-order valence-electron chi connectivity index (χ2n) is 7.68. The number of fused-ring (bicyclic) bond motifs is 1. The lowest BCUT2D eigenvalue weighted by atomic mass is 9.97. The number of benzene rings is 2. The van der Waals surface area contributed by atoms with Crippen LogP contribution >= 0.6 is 0 Å². The van der Waals surface area contributed by atoms with Crippen LogP contribution in [0.2, 0.25) is 0 Å². The van der Waals surface area contributed by atoms with Gasteiger partial charge in [-0.2, -0.15) is 0 Å². The molecule has 0 spiro atoms. The van der Waals surface area contributed by atoms with Gasteiger partial charge in [0.1, 0.15) is 23.1 Å². The zero-order chi connectivity index (χ0) is 23.0. The number of aromatic nitrogens is 3. The molecule has 4 aromatic rings. The summed E-state index contributed by atoms with van der Waals surface area (Å²) in [7, 11) is 1.91. The maximum Gasteiger partial charge on any atom is 0.257 e. The number of anilines is 2. The summed E-state index contributed by atoms with van der Waals surface area (Å²) in [5.41, 5.74) is 10.5. The molecule has 2 aromatic carbocycles. The summed E-state index contributed by atoms with van der Waals surface area (Å²) in [6.07, 6.45) is 1.19. The lowest BCUT2D eigenvalue weighted by Gasteiger charge is -2.14. The van der Waals surface area contributed by atoms with E-state index >= 15 is 0 Å². The van der Waals surface area contributed by atoms with Crippen molar-refractivity contribution >= 4 is 28.4 Å². The Kier molecular flexibility index (Phi) is 5.63. The molecule has 0 aliphatic heterocycles. The molecule has 32 heavy (non-hydrogen) atoms. The van der Waals surface area contributed by atoms with Crippen LogP contribution in [-0.4, -0.2) is 25.5 Å². The first kappa shape index (κ1) is 21.5. The van der Waals surface area contributed by atoms with Gasteiger partial charge in [-0.1, -0.05) is 25.1 Å². The lowest BCUT2D eigenvalue weighted by Crippen LogP contribution is -2.21. The highest BCUT2D eigenvalue weighted by Gasteiger charge is 2.20. The molecule has 1 unspecified atom stereocenters. The van der Waals surface area contributed by atoms with Gasteiger partial charge in [-0.05, 0) is 54.3 Å². The molecular weight excluding hydrogens is 409 g/mol. The van der Waals surface area contributed by atoms with E-state index in [1.807, 2.05) is 36.9 Å². The summed E-state index contributed by atoms with van der Waals surface area (Å²) in [5.74, 6) is -0.127. The highest BCUT2D eigenvalue weighted by molar-refractivity contribution is 6.02. The SMILES string of the molecule is CCc1cc(NC(=O)C(O)c2cccc(F)c2)ccc1-c1cn(C)c2nc(C)nc(N)c12. The van der Waals surface area contributed by atoms with Crippen molar-refractivity contribution in [2.24, 2.45) is 7.05 Å². The summed E-state index contributed by atoms with van der Waals surface area (Å²) < 4.78 is 15.3. The maximum atomic E-state index is 13.4. The monoisotopic (exact) mass is 433 g/mol. The van der Waals surface area contributed by atoms with Crippen molar-refractivity contribution < 1.29 is 14.3 Å². The molecule has 1 atom stereocenters. The Bertz CT molecular complexity index is 1330. The summed E-state index contributed by atoms with van der Waals surface area (Å²) in [4.78, 5) is 21.3. The van der Waals surface area contributed by atoms with Crippen LogP contribution in [0.25, 0.3) is 22.2 Å². The van der Waals surface area contributed by atoms with Crippen LogP contribution in [0.5, 0.6) is 0 Å². The number of aryl methyl sites for hydroxylation is 3. The Morgan fingerprint density at radius 2 is 2.00 bits per heavy atom. The number of nitrogen functional groups attached to an aromatic ring is 1. The lowest BCUT2D eigenvalue weighted by molar-refractivity contribution is -0.124. The summed E-state index contributed by atoms with van der Waals surface area (Å²) in [6, 6.07) is 10.9. The molecule has 164 valence electrons. The first-order valence-electron chi connectivity index (χ1n) is 10.2. The van der Waals surface area contributed by atoms with Gasteiger partial charge >= 0.3 is 0 Å². The minimum atomic E-state index is -1.48. The number of amides is 1. The minimum Gasteiger partial charge on any atom is -0.383 e. The number of halogens is 1. The third kappa shape index (κ3) is 3.92. The average molecular weight is 433 g/mol. The molecule has 0 aliphatic rings. The van der Waals surface area contributed by atoms with Crippen LogP contribution in [0.1, 0.15) is 30.0 Å². The van der Waals surface area contributed by atoms with Crippen molar-refractivity contribution in [3.8, 4) is 11.1 Å². The number of aliphatic hydroxyl groups excluding tert-OH is 1. The predicted molar refractivity (Wildman–Crippen MR) is 122 cm³/mol. The van der Waals surface area contributed by atoms with Crippen LogP contribution in [-0.2, 0) is 18.3 Å². The maximum absolute atomic E-state index is 13.4. The number of nitrogens with one attached hydrogen (secondary N) is 1. The predicted octanol–water partition coefficient (Wildman–Crippen LogP) is 3.90.